The zero-order chi connectivity index (χ0) is 16.4. The molecule has 0 N–H and O–H groups in total. The number of halogens is 3. The van der Waals surface area contributed by atoms with Crippen LogP contribution in [0, 0.1) is 0 Å². The van der Waals surface area contributed by atoms with E-state index in [1.165, 1.54) is 36.4 Å². The fourth-order valence-corrected chi connectivity index (χ4v) is 2.72. The number of hydrogen-bond donors (Lipinski definition) is 0. The maximum absolute atomic E-state index is 12.5. The first-order chi connectivity index (χ1) is 10.2. The first kappa shape index (κ1) is 16.2. The number of carbonyl (C=O) groups is 1. The molecular formula is C15H11F3O3S. The highest BCUT2D eigenvalue weighted by Gasteiger charge is 2.45. The Morgan fingerprint density at radius 1 is 0.909 bits per heavy atom. The minimum absolute atomic E-state index is 0.0541. The maximum Gasteiger partial charge on any atom is 0.497 e. The molecule has 0 aliphatic carbocycles. The molecule has 0 aromatic heterocycles. The predicted octanol–water partition coefficient (Wildman–Crippen LogP) is 3.35. The van der Waals surface area contributed by atoms with E-state index in [1.807, 2.05) is 0 Å². The van der Waals surface area contributed by atoms with E-state index in [2.05, 4.69) is 0 Å². The van der Waals surface area contributed by atoms with Crippen molar-refractivity contribution >= 4 is 15.6 Å². The summed E-state index contributed by atoms with van der Waals surface area (Å²) < 4.78 is 60.1. The number of alkyl halides is 3. The third kappa shape index (κ3) is 3.36. The van der Waals surface area contributed by atoms with Crippen LogP contribution in [0.25, 0.3) is 0 Å². The van der Waals surface area contributed by atoms with E-state index in [9.17, 15) is 26.4 Å². The van der Waals surface area contributed by atoms with Crippen molar-refractivity contribution in [3.05, 3.63) is 71.3 Å². The summed E-state index contributed by atoms with van der Waals surface area (Å²) in [6.45, 7) is 0. The van der Waals surface area contributed by atoms with Crippen LogP contribution in [0.1, 0.15) is 21.5 Å². The largest absolute Gasteiger partial charge is 0.497 e. The van der Waals surface area contributed by atoms with E-state index in [1.54, 1.807) is 18.2 Å². The highest BCUT2D eigenvalue weighted by Crippen LogP contribution is 2.28. The average Bonchev–Trinajstić information content (AvgIpc) is 2.46. The fraction of sp³-hybridized carbons (Fsp3) is 0.133. The molecule has 0 unspecified atom stereocenters. The Balaban J connectivity index is 2.43. The van der Waals surface area contributed by atoms with Gasteiger partial charge in [0.15, 0.2) is 5.78 Å². The van der Waals surface area contributed by atoms with Gasteiger partial charge in [0.25, 0.3) is 9.84 Å². The Kier molecular flexibility index (Phi) is 4.37. The monoisotopic (exact) mass is 328 g/mol. The molecule has 116 valence electrons. The molecule has 0 aliphatic rings. The van der Waals surface area contributed by atoms with Crippen LogP contribution in [0.2, 0.25) is 0 Å². The van der Waals surface area contributed by atoms with E-state index >= 15 is 0 Å². The SMILES string of the molecule is O=C(c1ccccc1)c1ccccc1CS(=O)(=O)C(F)(F)F. The smallest absolute Gasteiger partial charge is 0.289 e. The normalized spacial score (nSPS) is 12.1. The molecule has 0 saturated heterocycles. The summed E-state index contributed by atoms with van der Waals surface area (Å²) >= 11 is 0. The van der Waals surface area contributed by atoms with Gasteiger partial charge in [0, 0.05) is 11.1 Å². The van der Waals surface area contributed by atoms with Crippen LogP contribution in [-0.2, 0) is 15.6 Å². The van der Waals surface area contributed by atoms with Gasteiger partial charge in [-0.3, -0.25) is 4.79 Å². The maximum atomic E-state index is 12.5. The summed E-state index contributed by atoms with van der Waals surface area (Å²) in [5.74, 6) is -1.78. The lowest BCUT2D eigenvalue weighted by Gasteiger charge is -2.11. The third-order valence-corrected chi connectivity index (χ3v) is 4.39. The summed E-state index contributed by atoms with van der Waals surface area (Å²) in [6, 6.07) is 13.3. The van der Waals surface area contributed by atoms with Gasteiger partial charge in [0.1, 0.15) is 0 Å². The van der Waals surface area contributed by atoms with Gasteiger partial charge in [-0.1, -0.05) is 54.6 Å². The summed E-state index contributed by atoms with van der Waals surface area (Å²) in [7, 11) is -5.34. The molecule has 2 rings (SSSR count). The van der Waals surface area contributed by atoms with E-state index in [0.29, 0.717) is 0 Å². The molecule has 2 aromatic carbocycles. The van der Waals surface area contributed by atoms with Gasteiger partial charge in [0.05, 0.1) is 5.75 Å². The minimum Gasteiger partial charge on any atom is -0.289 e. The lowest BCUT2D eigenvalue weighted by atomic mass is 9.99. The van der Waals surface area contributed by atoms with Crippen molar-refractivity contribution in [3.63, 3.8) is 0 Å². The van der Waals surface area contributed by atoms with Crippen LogP contribution in [0.5, 0.6) is 0 Å². The van der Waals surface area contributed by atoms with Gasteiger partial charge in [-0.05, 0) is 5.56 Å². The number of benzene rings is 2. The van der Waals surface area contributed by atoms with Crippen molar-refractivity contribution in [1.82, 2.24) is 0 Å². The van der Waals surface area contributed by atoms with E-state index < -0.39 is 26.9 Å². The Hall–Kier alpha value is -2.15. The molecule has 7 heteroatoms. The van der Waals surface area contributed by atoms with Crippen LogP contribution in [-0.4, -0.2) is 19.7 Å². The van der Waals surface area contributed by atoms with Gasteiger partial charge in [-0.25, -0.2) is 8.42 Å². The number of rotatable bonds is 4. The highest BCUT2D eigenvalue weighted by atomic mass is 32.2. The van der Waals surface area contributed by atoms with Crippen LogP contribution >= 0.6 is 0 Å². The van der Waals surface area contributed by atoms with Crippen LogP contribution in [0.15, 0.2) is 54.6 Å². The lowest BCUT2D eigenvalue weighted by molar-refractivity contribution is -0.0437. The number of sulfone groups is 1. The van der Waals surface area contributed by atoms with Crippen molar-refractivity contribution in [2.24, 2.45) is 0 Å². The molecule has 2 aromatic rings. The lowest BCUT2D eigenvalue weighted by Crippen LogP contribution is -2.25. The molecule has 0 aliphatic heterocycles. The molecule has 0 amide bonds. The second kappa shape index (κ2) is 5.92. The molecule has 0 spiro atoms. The first-order valence-electron chi connectivity index (χ1n) is 6.19. The molecular weight excluding hydrogens is 317 g/mol. The topological polar surface area (TPSA) is 51.2 Å². The molecule has 0 atom stereocenters. The van der Waals surface area contributed by atoms with Crippen LogP contribution in [0.4, 0.5) is 13.2 Å². The molecule has 0 radical (unpaired) electrons. The Morgan fingerprint density at radius 3 is 2.05 bits per heavy atom. The Morgan fingerprint density at radius 2 is 1.45 bits per heavy atom. The zero-order valence-corrected chi connectivity index (χ0v) is 12.0. The van der Waals surface area contributed by atoms with Crippen molar-refractivity contribution in [2.75, 3.05) is 0 Å². The summed E-state index contributed by atoms with van der Waals surface area (Å²) in [5.41, 5.74) is -5.30. The van der Waals surface area contributed by atoms with Crippen molar-refractivity contribution in [3.8, 4) is 0 Å². The van der Waals surface area contributed by atoms with Gasteiger partial charge in [-0.15, -0.1) is 0 Å². The molecule has 22 heavy (non-hydrogen) atoms. The number of hydrogen-bond acceptors (Lipinski definition) is 3. The Labute approximate surface area is 125 Å². The van der Waals surface area contributed by atoms with Crippen molar-refractivity contribution < 1.29 is 26.4 Å². The molecule has 3 nitrogen and oxygen atoms in total. The molecule has 0 heterocycles. The second-order valence-electron chi connectivity index (χ2n) is 4.56. The molecule has 0 fully saturated rings. The van der Waals surface area contributed by atoms with Crippen molar-refractivity contribution in [1.29, 1.82) is 0 Å². The van der Waals surface area contributed by atoms with Gasteiger partial charge < -0.3 is 0 Å². The number of ketones is 1. The molecule has 0 bridgehead atoms. The highest BCUT2D eigenvalue weighted by molar-refractivity contribution is 7.91. The van der Waals surface area contributed by atoms with Gasteiger partial charge in [-0.2, -0.15) is 13.2 Å². The zero-order valence-electron chi connectivity index (χ0n) is 11.2. The van der Waals surface area contributed by atoms with Gasteiger partial charge in [0.2, 0.25) is 0 Å². The van der Waals surface area contributed by atoms with Crippen molar-refractivity contribution in [2.45, 2.75) is 11.3 Å². The average molecular weight is 328 g/mol. The summed E-state index contributed by atoms with van der Waals surface area (Å²) in [6.07, 6.45) is 0. The quantitative estimate of drug-likeness (QED) is 0.809. The number of carbonyl (C=O) groups excluding carboxylic acids is 1. The fourth-order valence-electron chi connectivity index (χ4n) is 1.90. The summed E-state index contributed by atoms with van der Waals surface area (Å²) in [4.78, 5) is 12.3. The first-order valence-corrected chi connectivity index (χ1v) is 7.84. The van der Waals surface area contributed by atoms with Crippen LogP contribution in [0.3, 0.4) is 0 Å². The Bertz CT molecular complexity index is 781. The van der Waals surface area contributed by atoms with E-state index in [-0.39, 0.29) is 16.7 Å². The predicted molar refractivity (Wildman–Crippen MR) is 75.0 cm³/mol. The second-order valence-corrected chi connectivity index (χ2v) is 6.54. The van der Waals surface area contributed by atoms with Crippen LogP contribution < -0.4 is 0 Å². The molecule has 0 saturated carbocycles. The minimum atomic E-state index is -5.35. The standard InChI is InChI=1S/C15H11F3O3S/c16-15(17,18)22(20,21)10-12-8-4-5-9-13(12)14(19)11-6-2-1-3-7-11/h1-9H,10H2. The van der Waals surface area contributed by atoms with E-state index in [0.717, 1.165) is 0 Å². The van der Waals surface area contributed by atoms with Gasteiger partial charge >= 0.3 is 5.51 Å². The summed E-state index contributed by atoms with van der Waals surface area (Å²) in [5, 5.41) is 0. The third-order valence-electron chi connectivity index (χ3n) is 3.00. The van der Waals surface area contributed by atoms with E-state index in [4.69, 9.17) is 0 Å².